The van der Waals surface area contributed by atoms with Crippen LogP contribution in [0.5, 0.6) is 5.75 Å². The summed E-state index contributed by atoms with van der Waals surface area (Å²) in [6.45, 7) is 1.29. The molecule has 2 aromatic carbocycles. The van der Waals surface area contributed by atoms with Crippen LogP contribution in [-0.4, -0.2) is 47.2 Å². The number of carbonyl (C=O) groups is 3. The molecule has 0 spiro atoms. The number of aromatic nitrogens is 2. The summed E-state index contributed by atoms with van der Waals surface area (Å²) in [6.07, 6.45) is 3.09. The van der Waals surface area contributed by atoms with E-state index in [4.69, 9.17) is 10.5 Å². The molecular weight excluding hydrogens is 465 g/mol. The number of amides is 3. The number of ether oxygens (including phenoxy) is 1. The summed E-state index contributed by atoms with van der Waals surface area (Å²) in [6, 6.07) is 9.95. The minimum absolute atomic E-state index is 0.0555. The molecule has 2 N–H and O–H groups in total. The molecule has 10 heteroatoms. The van der Waals surface area contributed by atoms with Gasteiger partial charge in [-0.15, -0.1) is 0 Å². The Hall–Kier alpha value is -4.21. The maximum Gasteiger partial charge on any atom is 0.277 e. The van der Waals surface area contributed by atoms with Crippen molar-refractivity contribution < 1.29 is 23.5 Å². The van der Waals surface area contributed by atoms with Gasteiger partial charge in [-0.1, -0.05) is 0 Å². The Morgan fingerprint density at radius 3 is 2.58 bits per heavy atom. The first-order valence-corrected chi connectivity index (χ1v) is 12.0. The van der Waals surface area contributed by atoms with Crippen molar-refractivity contribution >= 4 is 29.1 Å². The van der Waals surface area contributed by atoms with Gasteiger partial charge < -0.3 is 20.3 Å². The normalized spacial score (nSPS) is 17.1. The molecule has 3 amide bonds. The number of fused-ring (bicyclic) bond motifs is 2. The zero-order chi connectivity index (χ0) is 25.0. The molecule has 9 nitrogen and oxygen atoms in total. The van der Waals surface area contributed by atoms with Crippen molar-refractivity contribution in [3.05, 3.63) is 64.7 Å². The number of benzene rings is 2. The van der Waals surface area contributed by atoms with Crippen molar-refractivity contribution in [1.29, 1.82) is 0 Å². The van der Waals surface area contributed by atoms with Crippen LogP contribution in [0.15, 0.2) is 36.4 Å². The summed E-state index contributed by atoms with van der Waals surface area (Å²) in [5.41, 5.74) is 8.54. The Labute approximate surface area is 206 Å². The number of piperidine rings is 1. The lowest BCUT2D eigenvalue weighted by Crippen LogP contribution is -2.39. The van der Waals surface area contributed by atoms with E-state index in [1.54, 1.807) is 18.2 Å². The zero-order valence-electron chi connectivity index (χ0n) is 19.5. The molecule has 3 aliphatic heterocycles. The van der Waals surface area contributed by atoms with Gasteiger partial charge >= 0.3 is 0 Å². The maximum absolute atomic E-state index is 15.1. The summed E-state index contributed by atoms with van der Waals surface area (Å²) in [4.78, 5) is 41.1. The van der Waals surface area contributed by atoms with Crippen LogP contribution in [0.25, 0.3) is 5.69 Å². The summed E-state index contributed by atoms with van der Waals surface area (Å²) < 4.78 is 22.2. The Morgan fingerprint density at radius 1 is 0.972 bits per heavy atom. The molecule has 3 aliphatic rings. The second-order valence-electron chi connectivity index (χ2n) is 9.19. The SMILES string of the molecule is NC(=O)c1nn(-c2ccc3c(c2)CCO3)c2c1CCN(c1ccc(N3CCCCC3=O)c(F)c1)C2=O. The van der Waals surface area contributed by atoms with E-state index < -0.39 is 17.6 Å². The molecule has 4 heterocycles. The highest BCUT2D eigenvalue weighted by Gasteiger charge is 2.35. The third-order valence-electron chi connectivity index (χ3n) is 7.02. The minimum Gasteiger partial charge on any atom is -0.493 e. The van der Waals surface area contributed by atoms with E-state index in [-0.39, 0.29) is 29.5 Å². The molecule has 1 fully saturated rings. The molecule has 0 unspecified atom stereocenters. The number of halogens is 1. The Morgan fingerprint density at radius 2 is 1.81 bits per heavy atom. The summed E-state index contributed by atoms with van der Waals surface area (Å²) in [5.74, 6) is -1.00. The third kappa shape index (κ3) is 3.52. The average molecular weight is 490 g/mol. The number of nitrogens with two attached hydrogens (primary N) is 1. The van der Waals surface area contributed by atoms with Gasteiger partial charge in [0, 0.05) is 37.2 Å². The predicted molar refractivity (Wildman–Crippen MR) is 129 cm³/mol. The van der Waals surface area contributed by atoms with E-state index in [0.29, 0.717) is 42.9 Å². The molecular formula is C26H24FN5O4. The van der Waals surface area contributed by atoms with Gasteiger partial charge in [-0.2, -0.15) is 5.10 Å². The smallest absolute Gasteiger partial charge is 0.277 e. The van der Waals surface area contributed by atoms with Gasteiger partial charge in [0.2, 0.25) is 5.91 Å². The Kier molecular flexibility index (Phi) is 5.24. The van der Waals surface area contributed by atoms with Crippen LogP contribution in [0.4, 0.5) is 15.8 Å². The fraction of sp³-hybridized carbons (Fsp3) is 0.308. The zero-order valence-corrected chi connectivity index (χ0v) is 19.5. The standard InChI is InChI=1S/C26H24FN5O4/c27-19-14-16(4-6-20(19)31-10-2-1-3-22(31)33)30-11-8-18-23(25(28)34)29-32(24(18)26(30)35)17-5-7-21-15(13-17)9-12-36-21/h4-7,13-14H,1-3,8-12H2,(H2,28,34). The van der Waals surface area contributed by atoms with E-state index in [2.05, 4.69) is 5.10 Å². The molecule has 6 rings (SSSR count). The lowest BCUT2D eigenvalue weighted by Gasteiger charge is -2.30. The average Bonchev–Trinajstić information content (AvgIpc) is 3.49. The first kappa shape index (κ1) is 22.3. The van der Waals surface area contributed by atoms with Crippen LogP contribution in [0, 0.1) is 5.82 Å². The van der Waals surface area contributed by atoms with Gasteiger partial charge in [0.15, 0.2) is 5.69 Å². The predicted octanol–water partition coefficient (Wildman–Crippen LogP) is 2.77. The molecule has 3 aromatic rings. The van der Waals surface area contributed by atoms with Crippen LogP contribution in [0.1, 0.15) is 51.4 Å². The monoisotopic (exact) mass is 489 g/mol. The van der Waals surface area contributed by atoms with Gasteiger partial charge in [-0.05, 0) is 61.2 Å². The number of rotatable bonds is 4. The van der Waals surface area contributed by atoms with Crippen molar-refractivity contribution in [2.24, 2.45) is 5.73 Å². The lowest BCUT2D eigenvalue weighted by atomic mass is 10.0. The number of nitrogens with zero attached hydrogens (tertiary/aromatic N) is 4. The van der Waals surface area contributed by atoms with E-state index in [1.807, 2.05) is 12.1 Å². The number of primary amides is 1. The lowest BCUT2D eigenvalue weighted by molar-refractivity contribution is -0.119. The molecule has 36 heavy (non-hydrogen) atoms. The first-order valence-electron chi connectivity index (χ1n) is 12.0. The quantitative estimate of drug-likeness (QED) is 0.606. The van der Waals surface area contributed by atoms with Gasteiger partial charge in [-0.3, -0.25) is 14.4 Å². The first-order chi connectivity index (χ1) is 17.4. The van der Waals surface area contributed by atoms with Gasteiger partial charge in [0.05, 0.1) is 18.0 Å². The van der Waals surface area contributed by atoms with Crippen LogP contribution in [0.3, 0.4) is 0 Å². The van der Waals surface area contributed by atoms with Gasteiger partial charge in [0.1, 0.15) is 17.3 Å². The molecule has 0 radical (unpaired) electrons. The maximum atomic E-state index is 15.1. The number of anilines is 2. The topological polar surface area (TPSA) is 111 Å². The van der Waals surface area contributed by atoms with E-state index in [0.717, 1.165) is 30.6 Å². The highest BCUT2D eigenvalue weighted by molar-refractivity contribution is 6.09. The fourth-order valence-corrected chi connectivity index (χ4v) is 5.24. The number of hydrogen-bond acceptors (Lipinski definition) is 5. The highest BCUT2D eigenvalue weighted by atomic mass is 19.1. The highest BCUT2D eigenvalue weighted by Crippen LogP contribution is 2.33. The van der Waals surface area contributed by atoms with Crippen LogP contribution >= 0.6 is 0 Å². The van der Waals surface area contributed by atoms with Gasteiger partial charge in [0.25, 0.3) is 11.8 Å². The molecule has 0 atom stereocenters. The molecule has 0 saturated carbocycles. The minimum atomic E-state index is -0.711. The number of hydrogen-bond donors (Lipinski definition) is 1. The van der Waals surface area contributed by atoms with Crippen molar-refractivity contribution in [1.82, 2.24) is 9.78 Å². The van der Waals surface area contributed by atoms with Crippen LogP contribution in [0.2, 0.25) is 0 Å². The van der Waals surface area contributed by atoms with Crippen LogP contribution < -0.4 is 20.3 Å². The summed E-state index contributed by atoms with van der Waals surface area (Å²) in [7, 11) is 0. The van der Waals surface area contributed by atoms with Crippen LogP contribution in [-0.2, 0) is 17.6 Å². The molecule has 184 valence electrons. The second-order valence-corrected chi connectivity index (χ2v) is 9.19. The Bertz CT molecular complexity index is 1430. The Balaban J connectivity index is 1.38. The molecule has 0 bridgehead atoms. The summed E-state index contributed by atoms with van der Waals surface area (Å²) >= 11 is 0. The summed E-state index contributed by atoms with van der Waals surface area (Å²) in [5, 5.41) is 4.40. The van der Waals surface area contributed by atoms with Crippen molar-refractivity contribution in [2.75, 3.05) is 29.5 Å². The third-order valence-corrected chi connectivity index (χ3v) is 7.02. The largest absolute Gasteiger partial charge is 0.493 e. The number of carbonyl (C=O) groups excluding carboxylic acids is 3. The molecule has 1 aromatic heterocycles. The second kappa shape index (κ2) is 8.47. The fourth-order valence-electron chi connectivity index (χ4n) is 5.24. The van der Waals surface area contributed by atoms with E-state index in [1.165, 1.54) is 20.5 Å². The van der Waals surface area contributed by atoms with Crippen molar-refractivity contribution in [3.8, 4) is 11.4 Å². The van der Waals surface area contributed by atoms with E-state index >= 15 is 4.39 Å². The van der Waals surface area contributed by atoms with Crippen molar-refractivity contribution in [3.63, 3.8) is 0 Å². The van der Waals surface area contributed by atoms with E-state index in [9.17, 15) is 14.4 Å². The molecule has 0 aliphatic carbocycles. The van der Waals surface area contributed by atoms with Crippen molar-refractivity contribution in [2.45, 2.75) is 32.1 Å². The van der Waals surface area contributed by atoms with Gasteiger partial charge in [-0.25, -0.2) is 9.07 Å². The molecule has 1 saturated heterocycles.